The van der Waals surface area contributed by atoms with Gasteiger partial charge in [0, 0.05) is 29.2 Å². The van der Waals surface area contributed by atoms with E-state index in [9.17, 15) is 0 Å². The number of anilines is 1. The highest BCUT2D eigenvalue weighted by Crippen LogP contribution is 2.30. The Kier molecular flexibility index (Phi) is 7.02. The maximum atomic E-state index is 6.18. The standard InChI is InChI=1S/C16H25Cl2N/c1-5-15(6-2)19(11-12(3)4)16-9-14(18)8-7-13(16)10-17/h7-9,12,15H,5-6,10-11H2,1-4H3. The summed E-state index contributed by atoms with van der Waals surface area (Å²) in [5.74, 6) is 1.14. The van der Waals surface area contributed by atoms with Crippen LogP contribution in [0.4, 0.5) is 5.69 Å². The van der Waals surface area contributed by atoms with Gasteiger partial charge in [-0.15, -0.1) is 11.6 Å². The highest BCUT2D eigenvalue weighted by Gasteiger charge is 2.19. The summed E-state index contributed by atoms with van der Waals surface area (Å²) in [5, 5.41) is 0.781. The van der Waals surface area contributed by atoms with Crippen LogP contribution in [0.3, 0.4) is 0 Å². The van der Waals surface area contributed by atoms with Gasteiger partial charge in [-0.3, -0.25) is 0 Å². The summed E-state index contributed by atoms with van der Waals surface area (Å²) < 4.78 is 0. The van der Waals surface area contributed by atoms with Crippen molar-refractivity contribution >= 4 is 28.9 Å². The second kappa shape index (κ2) is 8.01. The first-order valence-corrected chi connectivity index (χ1v) is 8.05. The molecule has 0 spiro atoms. The summed E-state index contributed by atoms with van der Waals surface area (Å²) in [7, 11) is 0. The Morgan fingerprint density at radius 2 is 1.79 bits per heavy atom. The van der Waals surface area contributed by atoms with Crippen LogP contribution in [-0.4, -0.2) is 12.6 Å². The Hall–Kier alpha value is -0.400. The first kappa shape index (κ1) is 16.7. The third-order valence-corrected chi connectivity index (χ3v) is 3.97. The molecule has 0 aliphatic heterocycles. The van der Waals surface area contributed by atoms with Crippen molar-refractivity contribution in [3.63, 3.8) is 0 Å². The minimum Gasteiger partial charge on any atom is -0.368 e. The first-order chi connectivity index (χ1) is 9.03. The van der Waals surface area contributed by atoms with E-state index in [4.69, 9.17) is 23.2 Å². The van der Waals surface area contributed by atoms with E-state index in [2.05, 4.69) is 38.7 Å². The molecule has 0 aliphatic carbocycles. The first-order valence-electron chi connectivity index (χ1n) is 7.14. The Labute approximate surface area is 127 Å². The lowest BCUT2D eigenvalue weighted by molar-refractivity contribution is 0.507. The van der Waals surface area contributed by atoms with E-state index < -0.39 is 0 Å². The predicted molar refractivity (Wildman–Crippen MR) is 87.6 cm³/mol. The molecule has 108 valence electrons. The molecule has 0 atom stereocenters. The van der Waals surface area contributed by atoms with Gasteiger partial charge in [-0.1, -0.05) is 45.4 Å². The van der Waals surface area contributed by atoms with Crippen LogP contribution in [0.2, 0.25) is 5.02 Å². The van der Waals surface area contributed by atoms with Gasteiger partial charge in [0.2, 0.25) is 0 Å². The summed E-state index contributed by atoms with van der Waals surface area (Å²) in [6, 6.07) is 6.56. The van der Waals surface area contributed by atoms with E-state index in [0.717, 1.165) is 24.4 Å². The molecule has 0 amide bonds. The molecule has 0 N–H and O–H groups in total. The highest BCUT2D eigenvalue weighted by molar-refractivity contribution is 6.31. The molecule has 0 heterocycles. The van der Waals surface area contributed by atoms with Crippen LogP contribution in [0.1, 0.15) is 46.1 Å². The van der Waals surface area contributed by atoms with Crippen LogP contribution in [-0.2, 0) is 5.88 Å². The van der Waals surface area contributed by atoms with Crippen LogP contribution in [0.25, 0.3) is 0 Å². The van der Waals surface area contributed by atoms with Gasteiger partial charge < -0.3 is 4.90 Å². The zero-order chi connectivity index (χ0) is 14.4. The quantitative estimate of drug-likeness (QED) is 0.581. The van der Waals surface area contributed by atoms with E-state index in [-0.39, 0.29) is 0 Å². The van der Waals surface area contributed by atoms with Crippen molar-refractivity contribution in [2.24, 2.45) is 5.92 Å². The third-order valence-electron chi connectivity index (χ3n) is 3.45. The lowest BCUT2D eigenvalue weighted by Crippen LogP contribution is -2.38. The number of halogens is 2. The fourth-order valence-electron chi connectivity index (χ4n) is 2.48. The zero-order valence-corrected chi connectivity index (χ0v) is 13.9. The summed E-state index contributed by atoms with van der Waals surface area (Å²) in [4.78, 5) is 2.48. The van der Waals surface area contributed by atoms with Crippen molar-refractivity contribution < 1.29 is 0 Å². The van der Waals surface area contributed by atoms with Crippen LogP contribution < -0.4 is 4.90 Å². The molecule has 0 fully saturated rings. The molecular weight excluding hydrogens is 277 g/mol. The van der Waals surface area contributed by atoms with Gasteiger partial charge in [0.15, 0.2) is 0 Å². The number of hydrogen-bond acceptors (Lipinski definition) is 1. The molecular formula is C16H25Cl2N. The molecule has 1 aromatic carbocycles. The van der Waals surface area contributed by atoms with E-state index in [1.54, 1.807) is 0 Å². The van der Waals surface area contributed by atoms with Crippen molar-refractivity contribution in [2.45, 2.75) is 52.5 Å². The zero-order valence-electron chi connectivity index (χ0n) is 12.4. The van der Waals surface area contributed by atoms with Gasteiger partial charge in [-0.05, 0) is 36.5 Å². The maximum absolute atomic E-state index is 6.18. The van der Waals surface area contributed by atoms with Crippen LogP contribution in [0.5, 0.6) is 0 Å². The van der Waals surface area contributed by atoms with E-state index >= 15 is 0 Å². The largest absolute Gasteiger partial charge is 0.368 e. The van der Waals surface area contributed by atoms with Gasteiger partial charge >= 0.3 is 0 Å². The maximum Gasteiger partial charge on any atom is 0.0494 e. The van der Waals surface area contributed by atoms with E-state index in [1.165, 1.54) is 11.3 Å². The third kappa shape index (κ3) is 4.57. The monoisotopic (exact) mass is 301 g/mol. The Morgan fingerprint density at radius 3 is 2.26 bits per heavy atom. The molecule has 19 heavy (non-hydrogen) atoms. The molecule has 0 saturated carbocycles. The normalized spacial score (nSPS) is 11.4. The topological polar surface area (TPSA) is 3.24 Å². The Balaban J connectivity index is 3.18. The SMILES string of the molecule is CCC(CC)N(CC(C)C)c1cc(Cl)ccc1CCl. The average Bonchev–Trinajstić information content (AvgIpc) is 2.38. The van der Waals surface area contributed by atoms with Crippen molar-refractivity contribution in [2.75, 3.05) is 11.4 Å². The number of alkyl halides is 1. The van der Waals surface area contributed by atoms with Crippen molar-refractivity contribution in [3.8, 4) is 0 Å². The fraction of sp³-hybridized carbons (Fsp3) is 0.625. The van der Waals surface area contributed by atoms with Crippen LogP contribution in [0, 0.1) is 5.92 Å². The lowest BCUT2D eigenvalue weighted by Gasteiger charge is -2.35. The molecule has 0 aromatic heterocycles. The number of nitrogens with zero attached hydrogens (tertiary/aromatic N) is 1. The fourth-order valence-corrected chi connectivity index (χ4v) is 2.88. The van der Waals surface area contributed by atoms with Crippen molar-refractivity contribution in [3.05, 3.63) is 28.8 Å². The van der Waals surface area contributed by atoms with Crippen molar-refractivity contribution in [1.82, 2.24) is 0 Å². The summed E-state index contributed by atoms with van der Waals surface area (Å²) in [6.45, 7) is 10.0. The average molecular weight is 302 g/mol. The van der Waals surface area contributed by atoms with Gasteiger partial charge in [0.05, 0.1) is 0 Å². The number of benzene rings is 1. The molecule has 0 radical (unpaired) electrons. The number of hydrogen-bond donors (Lipinski definition) is 0. The number of rotatable bonds is 7. The molecule has 0 aliphatic rings. The van der Waals surface area contributed by atoms with E-state index in [1.807, 2.05) is 12.1 Å². The minimum absolute atomic E-state index is 0.529. The summed E-state index contributed by atoms with van der Waals surface area (Å²) in [6.07, 6.45) is 2.27. The Bertz CT molecular complexity index is 386. The van der Waals surface area contributed by atoms with Crippen LogP contribution in [0.15, 0.2) is 18.2 Å². The van der Waals surface area contributed by atoms with Crippen molar-refractivity contribution in [1.29, 1.82) is 0 Å². The van der Waals surface area contributed by atoms with Gasteiger partial charge in [-0.2, -0.15) is 0 Å². The summed E-state index contributed by atoms with van der Waals surface area (Å²) >= 11 is 12.3. The van der Waals surface area contributed by atoms with Gasteiger partial charge in [0.1, 0.15) is 0 Å². The predicted octanol–water partition coefficient (Wildman–Crippen LogP) is 5.73. The second-order valence-electron chi connectivity index (χ2n) is 5.42. The molecule has 1 nitrogen and oxygen atoms in total. The van der Waals surface area contributed by atoms with Gasteiger partial charge in [0.25, 0.3) is 0 Å². The van der Waals surface area contributed by atoms with E-state index in [0.29, 0.717) is 17.8 Å². The molecule has 0 saturated heterocycles. The highest BCUT2D eigenvalue weighted by atomic mass is 35.5. The molecule has 1 rings (SSSR count). The Morgan fingerprint density at radius 1 is 1.16 bits per heavy atom. The molecule has 0 bridgehead atoms. The molecule has 1 aromatic rings. The lowest BCUT2D eigenvalue weighted by atomic mass is 10.0. The minimum atomic E-state index is 0.529. The van der Waals surface area contributed by atoms with Gasteiger partial charge in [-0.25, -0.2) is 0 Å². The second-order valence-corrected chi connectivity index (χ2v) is 6.13. The molecule has 0 unspecified atom stereocenters. The summed E-state index contributed by atoms with van der Waals surface area (Å²) in [5.41, 5.74) is 2.36. The smallest absolute Gasteiger partial charge is 0.0494 e. The van der Waals surface area contributed by atoms with Crippen LogP contribution >= 0.6 is 23.2 Å². The molecule has 3 heteroatoms.